The molecular weight excluding hydrogens is 364 g/mol. The van der Waals surface area contributed by atoms with Gasteiger partial charge in [0, 0.05) is 16.7 Å². The first-order valence-electron chi connectivity index (χ1n) is 7.40. The van der Waals surface area contributed by atoms with Crippen molar-refractivity contribution in [1.82, 2.24) is 15.5 Å². The van der Waals surface area contributed by atoms with Gasteiger partial charge in [0.1, 0.15) is 12.1 Å². The Hall–Kier alpha value is -1.93. The van der Waals surface area contributed by atoms with Crippen molar-refractivity contribution in [3.8, 4) is 0 Å². The molecule has 2 saturated heterocycles. The second kappa shape index (κ2) is 6.29. The summed E-state index contributed by atoms with van der Waals surface area (Å²) >= 11 is 3.32. The standard InChI is InChI=1S/C15H17BrN4O3/c16-10-3-1-4-11(7-10)18-12(21)8-20-13(22)15(19-14(20)23)5-2-6-17-9-15/h1,3-4,7,17H,2,5-6,8-9H2,(H,18,21)(H,19,23). The lowest BCUT2D eigenvalue weighted by Crippen LogP contribution is -2.57. The molecule has 2 aliphatic heterocycles. The number of carbonyl (C=O) groups is 3. The van der Waals surface area contributed by atoms with Crippen molar-refractivity contribution in [2.45, 2.75) is 18.4 Å². The number of amides is 4. The highest BCUT2D eigenvalue weighted by molar-refractivity contribution is 9.10. The van der Waals surface area contributed by atoms with Crippen molar-refractivity contribution in [2.24, 2.45) is 0 Å². The highest BCUT2D eigenvalue weighted by Crippen LogP contribution is 2.25. The molecule has 122 valence electrons. The highest BCUT2D eigenvalue weighted by atomic mass is 79.9. The van der Waals surface area contributed by atoms with Crippen LogP contribution in [0.15, 0.2) is 28.7 Å². The summed E-state index contributed by atoms with van der Waals surface area (Å²) in [6, 6.07) is 6.60. The molecule has 1 aromatic carbocycles. The second-order valence-corrected chi connectivity index (χ2v) is 6.66. The molecule has 1 unspecified atom stereocenters. The van der Waals surface area contributed by atoms with E-state index in [2.05, 4.69) is 31.9 Å². The van der Waals surface area contributed by atoms with Gasteiger partial charge >= 0.3 is 6.03 Å². The molecule has 23 heavy (non-hydrogen) atoms. The molecule has 1 spiro atoms. The number of nitrogens with one attached hydrogen (secondary N) is 3. The quantitative estimate of drug-likeness (QED) is 0.683. The first-order valence-corrected chi connectivity index (χ1v) is 8.20. The van der Waals surface area contributed by atoms with Crippen molar-refractivity contribution in [3.05, 3.63) is 28.7 Å². The van der Waals surface area contributed by atoms with E-state index in [0.29, 0.717) is 18.7 Å². The number of hydrogen-bond acceptors (Lipinski definition) is 4. The molecule has 3 N–H and O–H groups in total. The van der Waals surface area contributed by atoms with Gasteiger partial charge in [0.05, 0.1) is 0 Å². The summed E-state index contributed by atoms with van der Waals surface area (Å²) in [4.78, 5) is 37.7. The minimum atomic E-state index is -0.897. The Balaban J connectivity index is 1.66. The smallest absolute Gasteiger partial charge is 0.324 e. The fourth-order valence-electron chi connectivity index (χ4n) is 2.92. The molecule has 2 aliphatic rings. The van der Waals surface area contributed by atoms with E-state index in [0.717, 1.165) is 22.3 Å². The van der Waals surface area contributed by atoms with Gasteiger partial charge in [0.2, 0.25) is 5.91 Å². The van der Waals surface area contributed by atoms with E-state index in [1.54, 1.807) is 18.2 Å². The number of imide groups is 1. The predicted octanol–water partition coefficient (Wildman–Crippen LogP) is 1.06. The number of nitrogens with zero attached hydrogens (tertiary/aromatic N) is 1. The molecule has 0 saturated carbocycles. The van der Waals surface area contributed by atoms with E-state index < -0.39 is 17.5 Å². The molecule has 1 atom stereocenters. The third-order valence-electron chi connectivity index (χ3n) is 4.04. The summed E-state index contributed by atoms with van der Waals surface area (Å²) in [7, 11) is 0. The van der Waals surface area contributed by atoms with Gasteiger partial charge in [-0.15, -0.1) is 0 Å². The van der Waals surface area contributed by atoms with Crippen molar-refractivity contribution >= 4 is 39.5 Å². The minimum absolute atomic E-state index is 0.293. The molecule has 0 radical (unpaired) electrons. The molecule has 1 aromatic rings. The molecule has 7 nitrogen and oxygen atoms in total. The molecule has 8 heteroatoms. The Morgan fingerprint density at radius 2 is 2.22 bits per heavy atom. The van der Waals surface area contributed by atoms with Gasteiger partial charge in [-0.05, 0) is 37.6 Å². The van der Waals surface area contributed by atoms with Crippen LogP contribution < -0.4 is 16.0 Å². The Morgan fingerprint density at radius 3 is 2.91 bits per heavy atom. The number of benzene rings is 1. The number of anilines is 1. The largest absolute Gasteiger partial charge is 0.325 e. The van der Waals surface area contributed by atoms with E-state index in [-0.39, 0.29) is 12.5 Å². The van der Waals surface area contributed by atoms with E-state index in [9.17, 15) is 14.4 Å². The normalized spacial score (nSPS) is 24.0. The van der Waals surface area contributed by atoms with Crippen LogP contribution in [0.5, 0.6) is 0 Å². The zero-order chi connectivity index (χ0) is 16.4. The summed E-state index contributed by atoms with van der Waals surface area (Å²) in [5.41, 5.74) is -0.295. The minimum Gasteiger partial charge on any atom is -0.324 e. The number of piperidine rings is 1. The molecule has 4 amide bonds. The summed E-state index contributed by atoms with van der Waals surface area (Å²) < 4.78 is 0.831. The summed E-state index contributed by atoms with van der Waals surface area (Å²) in [5.74, 6) is -0.744. The Kier molecular flexibility index (Phi) is 4.36. The number of urea groups is 1. The topological polar surface area (TPSA) is 90.5 Å². The van der Waals surface area contributed by atoms with Crippen LogP contribution in [0.1, 0.15) is 12.8 Å². The maximum absolute atomic E-state index is 12.5. The predicted molar refractivity (Wildman–Crippen MR) is 87.9 cm³/mol. The fraction of sp³-hybridized carbons (Fsp3) is 0.400. The van der Waals surface area contributed by atoms with Gasteiger partial charge in [0.15, 0.2) is 0 Å². The van der Waals surface area contributed by atoms with Crippen molar-refractivity contribution in [1.29, 1.82) is 0 Å². The first-order chi connectivity index (χ1) is 11.0. The van der Waals surface area contributed by atoms with Crippen LogP contribution in [0.2, 0.25) is 0 Å². The van der Waals surface area contributed by atoms with Crippen LogP contribution in [0.25, 0.3) is 0 Å². The molecule has 2 fully saturated rings. The van der Waals surface area contributed by atoms with Gasteiger partial charge in [-0.25, -0.2) is 4.79 Å². The third kappa shape index (κ3) is 3.23. The molecular formula is C15H17BrN4O3. The lowest BCUT2D eigenvalue weighted by molar-refractivity contribution is -0.134. The number of halogens is 1. The second-order valence-electron chi connectivity index (χ2n) is 5.74. The summed E-state index contributed by atoms with van der Waals surface area (Å²) in [6.07, 6.45) is 1.40. The average Bonchev–Trinajstić information content (AvgIpc) is 2.72. The van der Waals surface area contributed by atoms with E-state index >= 15 is 0 Å². The molecule has 2 heterocycles. The summed E-state index contributed by atoms with van der Waals surface area (Å²) in [6.45, 7) is 0.939. The Bertz CT molecular complexity index is 658. The van der Waals surface area contributed by atoms with Crippen LogP contribution in [-0.2, 0) is 9.59 Å². The molecule has 0 aromatic heterocycles. The van der Waals surface area contributed by atoms with Crippen LogP contribution in [0.3, 0.4) is 0 Å². The van der Waals surface area contributed by atoms with Crippen molar-refractivity contribution < 1.29 is 14.4 Å². The fourth-order valence-corrected chi connectivity index (χ4v) is 3.32. The maximum Gasteiger partial charge on any atom is 0.325 e. The molecule has 0 bridgehead atoms. The van der Waals surface area contributed by atoms with Gasteiger partial charge in [-0.2, -0.15) is 0 Å². The molecule has 3 rings (SSSR count). The monoisotopic (exact) mass is 380 g/mol. The first kappa shape index (κ1) is 15.9. The average molecular weight is 381 g/mol. The van der Waals surface area contributed by atoms with Crippen molar-refractivity contribution in [2.75, 3.05) is 25.0 Å². The Labute approximate surface area is 141 Å². The van der Waals surface area contributed by atoms with Crippen LogP contribution >= 0.6 is 15.9 Å². The van der Waals surface area contributed by atoms with Gasteiger partial charge in [-0.1, -0.05) is 22.0 Å². The van der Waals surface area contributed by atoms with E-state index in [1.807, 2.05) is 6.07 Å². The van der Waals surface area contributed by atoms with Gasteiger partial charge in [-0.3, -0.25) is 14.5 Å². The number of rotatable bonds is 3. The SMILES string of the molecule is O=C(CN1C(=O)NC2(CCCNC2)C1=O)Nc1cccc(Br)c1. The number of carbonyl (C=O) groups excluding carboxylic acids is 3. The zero-order valence-electron chi connectivity index (χ0n) is 12.4. The number of hydrogen-bond donors (Lipinski definition) is 3. The van der Waals surface area contributed by atoms with E-state index in [1.165, 1.54) is 0 Å². The lowest BCUT2D eigenvalue weighted by atomic mass is 9.90. The third-order valence-corrected chi connectivity index (χ3v) is 4.53. The molecule has 0 aliphatic carbocycles. The maximum atomic E-state index is 12.5. The van der Waals surface area contributed by atoms with Gasteiger partial charge in [0.25, 0.3) is 5.91 Å². The van der Waals surface area contributed by atoms with Crippen LogP contribution in [0, 0.1) is 0 Å². The zero-order valence-corrected chi connectivity index (χ0v) is 14.0. The van der Waals surface area contributed by atoms with Crippen LogP contribution in [0.4, 0.5) is 10.5 Å². The highest BCUT2D eigenvalue weighted by Gasteiger charge is 2.51. The van der Waals surface area contributed by atoms with Crippen LogP contribution in [-0.4, -0.2) is 47.9 Å². The van der Waals surface area contributed by atoms with Crippen molar-refractivity contribution in [3.63, 3.8) is 0 Å². The lowest BCUT2D eigenvalue weighted by Gasteiger charge is -2.31. The van der Waals surface area contributed by atoms with Gasteiger partial charge < -0.3 is 16.0 Å². The summed E-state index contributed by atoms with van der Waals surface area (Å²) in [5, 5.41) is 8.54. The van der Waals surface area contributed by atoms with E-state index in [4.69, 9.17) is 0 Å². The Morgan fingerprint density at radius 1 is 1.39 bits per heavy atom.